The lowest BCUT2D eigenvalue weighted by atomic mass is 10.1. The number of anilines is 3. The van der Waals surface area contributed by atoms with Gasteiger partial charge < -0.3 is 20.1 Å². The molecule has 1 aliphatic heterocycles. The second-order valence-electron chi connectivity index (χ2n) is 7.96. The zero-order valence-electron chi connectivity index (χ0n) is 20.1. The molecule has 0 radical (unpaired) electrons. The molecule has 2 N–H and O–H groups in total. The molecule has 0 saturated carbocycles. The van der Waals surface area contributed by atoms with Crippen LogP contribution < -0.4 is 25.0 Å². The molecule has 9 nitrogen and oxygen atoms in total. The van der Waals surface area contributed by atoms with E-state index in [0.717, 1.165) is 4.90 Å². The van der Waals surface area contributed by atoms with Crippen molar-refractivity contribution in [2.24, 2.45) is 0 Å². The van der Waals surface area contributed by atoms with Gasteiger partial charge in [-0.2, -0.15) is 0 Å². The standard InChI is InChI=1S/C27H22ClN3O6/c1-15(32)16-4-8-19(9-5-16)30-25(33)17-6-10-18(11-7-17)29-24-23(28)26(34)31(27(24)35)21-14-20(36-2)12-13-22(21)37-3/h4-14,29H,1-3H3,(H,30,33). The van der Waals surface area contributed by atoms with Gasteiger partial charge in [0, 0.05) is 28.6 Å². The van der Waals surface area contributed by atoms with Crippen molar-refractivity contribution in [1.82, 2.24) is 0 Å². The SMILES string of the molecule is COc1ccc(OC)c(N2C(=O)C(Cl)=C(Nc3ccc(C(=O)Nc4ccc(C(C)=O)cc4)cc3)C2=O)c1. The van der Waals surface area contributed by atoms with Crippen molar-refractivity contribution in [3.63, 3.8) is 0 Å². The highest BCUT2D eigenvalue weighted by atomic mass is 35.5. The summed E-state index contributed by atoms with van der Waals surface area (Å²) >= 11 is 6.24. The number of carbonyl (C=O) groups is 4. The first kappa shape index (κ1) is 25.5. The first-order valence-electron chi connectivity index (χ1n) is 11.0. The van der Waals surface area contributed by atoms with E-state index in [1.165, 1.54) is 27.2 Å². The molecule has 3 aromatic rings. The van der Waals surface area contributed by atoms with E-state index in [4.69, 9.17) is 21.1 Å². The van der Waals surface area contributed by atoms with E-state index >= 15 is 0 Å². The molecular weight excluding hydrogens is 498 g/mol. The van der Waals surface area contributed by atoms with Crippen molar-refractivity contribution in [1.29, 1.82) is 0 Å². The van der Waals surface area contributed by atoms with E-state index in [-0.39, 0.29) is 28.1 Å². The average molecular weight is 520 g/mol. The van der Waals surface area contributed by atoms with Crippen molar-refractivity contribution >= 4 is 52.2 Å². The molecule has 0 aromatic heterocycles. The lowest BCUT2D eigenvalue weighted by molar-refractivity contribution is -0.120. The second-order valence-corrected chi connectivity index (χ2v) is 8.34. The van der Waals surface area contributed by atoms with Crippen LogP contribution >= 0.6 is 11.6 Å². The highest BCUT2D eigenvalue weighted by Crippen LogP contribution is 2.38. The summed E-state index contributed by atoms with van der Waals surface area (Å²) in [5.74, 6) is -1.09. The lowest BCUT2D eigenvalue weighted by Gasteiger charge is -2.19. The summed E-state index contributed by atoms with van der Waals surface area (Å²) in [6.45, 7) is 1.47. The molecule has 0 saturated heterocycles. The summed E-state index contributed by atoms with van der Waals surface area (Å²) in [6.07, 6.45) is 0. The normalized spacial score (nSPS) is 13.0. The molecule has 1 aliphatic rings. The number of hydrogen-bond donors (Lipinski definition) is 2. The number of benzene rings is 3. The van der Waals surface area contributed by atoms with E-state index < -0.39 is 11.8 Å². The van der Waals surface area contributed by atoms with Crippen LogP contribution in [0, 0.1) is 0 Å². The van der Waals surface area contributed by atoms with Crippen LogP contribution in [0.1, 0.15) is 27.6 Å². The first-order chi connectivity index (χ1) is 17.7. The third kappa shape index (κ3) is 5.17. The number of rotatable bonds is 8. The number of methoxy groups -OCH3 is 2. The van der Waals surface area contributed by atoms with Crippen molar-refractivity contribution in [2.75, 3.05) is 29.8 Å². The fourth-order valence-corrected chi connectivity index (χ4v) is 3.86. The van der Waals surface area contributed by atoms with E-state index in [2.05, 4.69) is 10.6 Å². The predicted molar refractivity (Wildman–Crippen MR) is 139 cm³/mol. The summed E-state index contributed by atoms with van der Waals surface area (Å²) in [6, 6.07) is 17.5. The molecule has 10 heteroatoms. The van der Waals surface area contributed by atoms with Crippen LogP contribution in [0.2, 0.25) is 0 Å². The van der Waals surface area contributed by atoms with E-state index in [9.17, 15) is 19.2 Å². The Kier molecular flexibility index (Phi) is 7.26. The van der Waals surface area contributed by atoms with Crippen LogP contribution in [-0.4, -0.2) is 37.7 Å². The zero-order chi connectivity index (χ0) is 26.7. The Hall–Kier alpha value is -4.63. The van der Waals surface area contributed by atoms with Crippen LogP contribution in [0.25, 0.3) is 0 Å². The summed E-state index contributed by atoms with van der Waals surface area (Å²) in [5, 5.41) is 5.34. The number of carbonyl (C=O) groups excluding carboxylic acids is 4. The van der Waals surface area contributed by atoms with E-state index in [1.54, 1.807) is 60.7 Å². The Balaban J connectivity index is 1.49. The number of nitrogens with zero attached hydrogens (tertiary/aromatic N) is 1. The maximum Gasteiger partial charge on any atom is 0.283 e. The topological polar surface area (TPSA) is 114 Å². The Morgan fingerprint density at radius 3 is 2.03 bits per heavy atom. The predicted octanol–water partition coefficient (Wildman–Crippen LogP) is 4.59. The lowest BCUT2D eigenvalue weighted by Crippen LogP contribution is -2.32. The number of nitrogens with one attached hydrogen (secondary N) is 2. The minimum Gasteiger partial charge on any atom is -0.497 e. The Morgan fingerprint density at radius 2 is 1.43 bits per heavy atom. The zero-order valence-corrected chi connectivity index (χ0v) is 20.9. The molecule has 4 rings (SSSR count). The van der Waals surface area contributed by atoms with Gasteiger partial charge in [0.25, 0.3) is 17.7 Å². The third-order valence-electron chi connectivity index (χ3n) is 5.62. The van der Waals surface area contributed by atoms with Gasteiger partial charge in [-0.05, 0) is 67.6 Å². The number of hydrogen-bond acceptors (Lipinski definition) is 7. The molecule has 0 atom stereocenters. The van der Waals surface area contributed by atoms with Gasteiger partial charge in [0.1, 0.15) is 22.2 Å². The maximum atomic E-state index is 13.2. The molecule has 37 heavy (non-hydrogen) atoms. The molecular formula is C27H22ClN3O6. The molecule has 3 amide bonds. The average Bonchev–Trinajstić information content (AvgIpc) is 3.11. The fraction of sp³-hybridized carbons (Fsp3) is 0.111. The second kappa shape index (κ2) is 10.5. The number of ether oxygens (including phenoxy) is 2. The minimum absolute atomic E-state index is 0.0654. The molecule has 0 bridgehead atoms. The summed E-state index contributed by atoms with van der Waals surface area (Å²) in [5.41, 5.74) is 1.96. The quantitative estimate of drug-likeness (QED) is 0.330. The first-order valence-corrected chi connectivity index (χ1v) is 11.4. The number of amides is 3. The monoisotopic (exact) mass is 519 g/mol. The van der Waals surface area contributed by atoms with Crippen LogP contribution in [0.3, 0.4) is 0 Å². The van der Waals surface area contributed by atoms with Crippen molar-refractivity contribution in [2.45, 2.75) is 6.92 Å². The van der Waals surface area contributed by atoms with Crippen LogP contribution in [0.15, 0.2) is 77.5 Å². The Labute approximate surface area is 217 Å². The van der Waals surface area contributed by atoms with Gasteiger partial charge in [-0.25, -0.2) is 4.90 Å². The van der Waals surface area contributed by atoms with E-state index in [0.29, 0.717) is 34.0 Å². The van der Waals surface area contributed by atoms with Crippen LogP contribution in [0.4, 0.5) is 17.1 Å². The molecule has 188 valence electrons. The highest BCUT2D eigenvalue weighted by molar-refractivity contribution is 6.53. The summed E-state index contributed by atoms with van der Waals surface area (Å²) in [7, 11) is 2.88. The third-order valence-corrected chi connectivity index (χ3v) is 5.97. The number of imide groups is 1. The molecule has 0 aliphatic carbocycles. The molecule has 0 spiro atoms. The molecule has 0 fully saturated rings. The summed E-state index contributed by atoms with van der Waals surface area (Å²) in [4.78, 5) is 50.9. The van der Waals surface area contributed by atoms with Crippen molar-refractivity contribution in [3.05, 3.63) is 88.6 Å². The Bertz CT molecular complexity index is 1430. The minimum atomic E-state index is -0.715. The van der Waals surface area contributed by atoms with Gasteiger partial charge in [0.05, 0.1) is 19.9 Å². The van der Waals surface area contributed by atoms with Crippen LogP contribution in [0.5, 0.6) is 11.5 Å². The van der Waals surface area contributed by atoms with Gasteiger partial charge in [0.2, 0.25) is 0 Å². The van der Waals surface area contributed by atoms with Crippen molar-refractivity contribution < 1.29 is 28.7 Å². The van der Waals surface area contributed by atoms with Gasteiger partial charge in [-0.1, -0.05) is 11.6 Å². The molecule has 0 unspecified atom stereocenters. The number of Topliss-reactive ketones (excluding diaryl/α,β-unsaturated/α-hetero) is 1. The number of halogens is 1. The van der Waals surface area contributed by atoms with Crippen molar-refractivity contribution in [3.8, 4) is 11.5 Å². The molecule has 1 heterocycles. The van der Waals surface area contributed by atoms with Gasteiger partial charge >= 0.3 is 0 Å². The highest BCUT2D eigenvalue weighted by Gasteiger charge is 2.40. The van der Waals surface area contributed by atoms with E-state index in [1.807, 2.05) is 0 Å². The Morgan fingerprint density at radius 1 is 0.811 bits per heavy atom. The molecule has 3 aromatic carbocycles. The van der Waals surface area contributed by atoms with Gasteiger partial charge in [0.15, 0.2) is 5.78 Å². The van der Waals surface area contributed by atoms with Crippen LogP contribution in [-0.2, 0) is 9.59 Å². The largest absolute Gasteiger partial charge is 0.497 e. The van der Waals surface area contributed by atoms with Gasteiger partial charge in [-0.15, -0.1) is 0 Å². The number of ketones is 1. The smallest absolute Gasteiger partial charge is 0.283 e. The fourth-order valence-electron chi connectivity index (χ4n) is 3.64. The maximum absolute atomic E-state index is 13.2. The van der Waals surface area contributed by atoms with Gasteiger partial charge in [-0.3, -0.25) is 19.2 Å². The summed E-state index contributed by atoms with van der Waals surface area (Å²) < 4.78 is 10.5.